The number of para-hydroxylation sites is 1. The molecule has 3 rings (SSSR count). The van der Waals surface area contributed by atoms with E-state index in [2.05, 4.69) is 10.3 Å². The fourth-order valence-corrected chi connectivity index (χ4v) is 2.82. The SMILES string of the molecule is O=C(CCn1cnc2ccccc2c1=O)NC(Cc1ccc(O)cc1)C(=O)O. The number of nitrogens with one attached hydrogen (secondary N) is 1. The molecule has 0 spiro atoms. The number of amides is 1. The Balaban J connectivity index is 1.63. The van der Waals surface area contributed by atoms with Crippen molar-refractivity contribution in [3.05, 3.63) is 70.8 Å². The lowest BCUT2D eigenvalue weighted by atomic mass is 10.1. The normalized spacial score (nSPS) is 11.9. The van der Waals surface area contributed by atoms with Crippen molar-refractivity contribution in [3.8, 4) is 5.75 Å². The topological polar surface area (TPSA) is 122 Å². The van der Waals surface area contributed by atoms with Crippen LogP contribution in [0.2, 0.25) is 0 Å². The Hall–Kier alpha value is -3.68. The van der Waals surface area contributed by atoms with Gasteiger partial charge >= 0.3 is 5.97 Å². The summed E-state index contributed by atoms with van der Waals surface area (Å²) in [6.07, 6.45) is 1.40. The van der Waals surface area contributed by atoms with Crippen LogP contribution in [0.3, 0.4) is 0 Å². The maximum Gasteiger partial charge on any atom is 0.326 e. The molecule has 0 saturated heterocycles. The lowest BCUT2D eigenvalue weighted by molar-refractivity contribution is -0.141. The summed E-state index contributed by atoms with van der Waals surface area (Å²) in [4.78, 5) is 40.3. The van der Waals surface area contributed by atoms with Crippen LogP contribution in [0.1, 0.15) is 12.0 Å². The third-order valence-electron chi connectivity index (χ3n) is 4.32. The van der Waals surface area contributed by atoms with Gasteiger partial charge in [-0.15, -0.1) is 0 Å². The zero-order chi connectivity index (χ0) is 20.1. The summed E-state index contributed by atoms with van der Waals surface area (Å²) in [6.45, 7) is 0.0913. The molecule has 1 unspecified atom stereocenters. The van der Waals surface area contributed by atoms with E-state index in [1.807, 2.05) is 0 Å². The van der Waals surface area contributed by atoms with Gasteiger partial charge in [-0.05, 0) is 29.8 Å². The molecule has 1 amide bonds. The molecule has 0 radical (unpaired) electrons. The van der Waals surface area contributed by atoms with Crippen molar-refractivity contribution in [3.63, 3.8) is 0 Å². The number of aromatic nitrogens is 2. The van der Waals surface area contributed by atoms with Crippen LogP contribution < -0.4 is 10.9 Å². The molecule has 2 aromatic carbocycles. The molecule has 144 valence electrons. The van der Waals surface area contributed by atoms with E-state index in [-0.39, 0.29) is 30.7 Å². The van der Waals surface area contributed by atoms with Crippen molar-refractivity contribution in [2.24, 2.45) is 0 Å². The Morgan fingerprint density at radius 3 is 2.54 bits per heavy atom. The number of phenolic OH excluding ortho intramolecular Hbond substituents is 1. The van der Waals surface area contributed by atoms with Gasteiger partial charge in [0, 0.05) is 19.4 Å². The van der Waals surface area contributed by atoms with Crippen LogP contribution >= 0.6 is 0 Å². The van der Waals surface area contributed by atoms with Crippen molar-refractivity contribution >= 4 is 22.8 Å². The molecule has 0 bridgehead atoms. The van der Waals surface area contributed by atoms with Crippen molar-refractivity contribution in [1.82, 2.24) is 14.9 Å². The number of benzene rings is 2. The number of carboxylic acids is 1. The van der Waals surface area contributed by atoms with E-state index in [1.165, 1.54) is 23.0 Å². The van der Waals surface area contributed by atoms with E-state index < -0.39 is 17.9 Å². The Morgan fingerprint density at radius 2 is 1.82 bits per heavy atom. The monoisotopic (exact) mass is 381 g/mol. The number of hydrogen-bond acceptors (Lipinski definition) is 5. The van der Waals surface area contributed by atoms with Crippen LogP contribution in [0.5, 0.6) is 5.75 Å². The minimum atomic E-state index is -1.16. The van der Waals surface area contributed by atoms with E-state index in [9.17, 15) is 24.6 Å². The van der Waals surface area contributed by atoms with Crippen molar-refractivity contribution < 1.29 is 19.8 Å². The second kappa shape index (κ2) is 8.34. The molecule has 0 aliphatic carbocycles. The molecule has 3 N–H and O–H groups in total. The zero-order valence-electron chi connectivity index (χ0n) is 14.9. The maximum absolute atomic E-state index is 12.4. The predicted molar refractivity (Wildman–Crippen MR) is 102 cm³/mol. The van der Waals surface area contributed by atoms with E-state index in [4.69, 9.17) is 0 Å². The number of rotatable bonds is 7. The Labute approximate surface area is 160 Å². The van der Waals surface area contributed by atoms with Gasteiger partial charge < -0.3 is 15.5 Å². The van der Waals surface area contributed by atoms with Crippen LogP contribution in [-0.4, -0.2) is 37.7 Å². The zero-order valence-corrected chi connectivity index (χ0v) is 14.9. The molecule has 0 fully saturated rings. The molecule has 8 heteroatoms. The summed E-state index contributed by atoms with van der Waals surface area (Å²) in [6, 6.07) is 11.9. The first kappa shape index (κ1) is 19.1. The summed E-state index contributed by atoms with van der Waals surface area (Å²) in [7, 11) is 0. The van der Waals surface area contributed by atoms with Gasteiger partial charge in [-0.3, -0.25) is 14.2 Å². The number of carbonyl (C=O) groups is 2. The highest BCUT2D eigenvalue weighted by molar-refractivity contribution is 5.83. The predicted octanol–water partition coefficient (Wildman–Crippen LogP) is 1.30. The quantitative estimate of drug-likeness (QED) is 0.567. The molecule has 3 aromatic rings. The third-order valence-corrected chi connectivity index (χ3v) is 4.32. The molecule has 1 atom stereocenters. The number of nitrogens with zero attached hydrogens (tertiary/aromatic N) is 2. The number of fused-ring (bicyclic) bond motifs is 1. The summed E-state index contributed by atoms with van der Waals surface area (Å²) < 4.78 is 1.33. The molecular formula is C20H19N3O5. The lowest BCUT2D eigenvalue weighted by Gasteiger charge is -2.15. The van der Waals surface area contributed by atoms with E-state index in [0.29, 0.717) is 16.5 Å². The highest BCUT2D eigenvalue weighted by Crippen LogP contribution is 2.11. The molecule has 0 saturated carbocycles. The number of hydrogen-bond donors (Lipinski definition) is 3. The fourth-order valence-electron chi connectivity index (χ4n) is 2.82. The Kier molecular flexibility index (Phi) is 5.69. The average molecular weight is 381 g/mol. The standard InChI is InChI=1S/C20H19N3O5/c24-14-7-5-13(6-8-14)11-17(20(27)28)22-18(25)9-10-23-12-21-16-4-2-1-3-15(16)19(23)26/h1-8,12,17,24H,9-11H2,(H,22,25)(H,27,28). The summed E-state index contributed by atoms with van der Waals surface area (Å²) in [5.74, 6) is -1.56. The van der Waals surface area contributed by atoms with Gasteiger partial charge in [-0.2, -0.15) is 0 Å². The van der Waals surface area contributed by atoms with Crippen molar-refractivity contribution in [2.75, 3.05) is 0 Å². The third kappa shape index (κ3) is 4.53. The Morgan fingerprint density at radius 1 is 1.11 bits per heavy atom. The van der Waals surface area contributed by atoms with Gasteiger partial charge in [-0.1, -0.05) is 24.3 Å². The van der Waals surface area contributed by atoms with Crippen molar-refractivity contribution in [1.29, 1.82) is 0 Å². The number of phenols is 1. The fraction of sp³-hybridized carbons (Fsp3) is 0.200. The van der Waals surface area contributed by atoms with Crippen LogP contribution in [0, 0.1) is 0 Å². The molecule has 0 aliphatic rings. The second-order valence-corrected chi connectivity index (χ2v) is 6.34. The first-order chi connectivity index (χ1) is 13.4. The van der Waals surface area contributed by atoms with E-state index in [0.717, 1.165) is 0 Å². The largest absolute Gasteiger partial charge is 0.508 e. The highest BCUT2D eigenvalue weighted by Gasteiger charge is 2.20. The van der Waals surface area contributed by atoms with Crippen LogP contribution in [0.4, 0.5) is 0 Å². The molecule has 8 nitrogen and oxygen atoms in total. The minimum absolute atomic E-state index is 0.0563. The maximum atomic E-state index is 12.4. The average Bonchev–Trinajstić information content (AvgIpc) is 2.68. The van der Waals surface area contributed by atoms with Crippen LogP contribution in [0.25, 0.3) is 10.9 Å². The molecule has 28 heavy (non-hydrogen) atoms. The minimum Gasteiger partial charge on any atom is -0.508 e. The van der Waals surface area contributed by atoms with Gasteiger partial charge in [0.15, 0.2) is 0 Å². The van der Waals surface area contributed by atoms with E-state index >= 15 is 0 Å². The lowest BCUT2D eigenvalue weighted by Crippen LogP contribution is -2.42. The number of aliphatic carboxylic acids is 1. The number of aryl methyl sites for hydroxylation is 1. The first-order valence-corrected chi connectivity index (χ1v) is 8.68. The first-order valence-electron chi connectivity index (χ1n) is 8.68. The highest BCUT2D eigenvalue weighted by atomic mass is 16.4. The van der Waals surface area contributed by atoms with Crippen molar-refractivity contribution in [2.45, 2.75) is 25.4 Å². The van der Waals surface area contributed by atoms with E-state index in [1.54, 1.807) is 36.4 Å². The smallest absolute Gasteiger partial charge is 0.326 e. The number of carboxylic acid groups (broad SMARTS) is 1. The van der Waals surface area contributed by atoms with Gasteiger partial charge in [0.1, 0.15) is 11.8 Å². The molecule has 0 aliphatic heterocycles. The van der Waals surface area contributed by atoms with Gasteiger partial charge in [0.05, 0.1) is 17.2 Å². The van der Waals surface area contributed by atoms with Gasteiger partial charge in [-0.25, -0.2) is 9.78 Å². The van der Waals surface area contributed by atoms with Gasteiger partial charge in [0.2, 0.25) is 5.91 Å². The number of aromatic hydroxyl groups is 1. The Bertz CT molecular complexity index is 1060. The molecular weight excluding hydrogens is 362 g/mol. The van der Waals surface area contributed by atoms with Crippen LogP contribution in [0.15, 0.2) is 59.7 Å². The molecule has 1 aromatic heterocycles. The summed E-state index contributed by atoms with van der Waals surface area (Å²) >= 11 is 0. The summed E-state index contributed by atoms with van der Waals surface area (Å²) in [5.41, 5.74) is 0.991. The van der Waals surface area contributed by atoms with Crippen LogP contribution in [-0.2, 0) is 22.6 Å². The second-order valence-electron chi connectivity index (χ2n) is 6.34. The molecule has 1 heterocycles. The summed E-state index contributed by atoms with van der Waals surface area (Å²) in [5, 5.41) is 21.6. The number of carbonyl (C=O) groups excluding carboxylic acids is 1. The van der Waals surface area contributed by atoms with Gasteiger partial charge in [0.25, 0.3) is 5.56 Å².